The van der Waals surface area contributed by atoms with E-state index in [1.165, 1.54) is 17.7 Å². The molecule has 2 N–H and O–H groups in total. The Morgan fingerprint density at radius 2 is 1.67 bits per heavy atom. The fourth-order valence-corrected chi connectivity index (χ4v) is 2.55. The summed E-state index contributed by atoms with van der Waals surface area (Å²) < 4.78 is 37.6. The summed E-state index contributed by atoms with van der Waals surface area (Å²) in [5.74, 6) is 0. The second kappa shape index (κ2) is 8.15. The van der Waals surface area contributed by atoms with Crippen LogP contribution in [0, 0.1) is 0 Å². The molecule has 24 heavy (non-hydrogen) atoms. The minimum Gasteiger partial charge on any atom is -0.360 e. The van der Waals surface area contributed by atoms with Crippen molar-refractivity contribution in [3.05, 3.63) is 65.7 Å². The number of aryl methyl sites for hydroxylation is 1. The summed E-state index contributed by atoms with van der Waals surface area (Å²) in [6.45, 7) is 2.02. The van der Waals surface area contributed by atoms with Crippen molar-refractivity contribution in [2.24, 2.45) is 0 Å². The van der Waals surface area contributed by atoms with Gasteiger partial charge in [0.1, 0.15) is 0 Å². The molecule has 0 heterocycles. The molecule has 2 aromatic rings. The highest BCUT2D eigenvalue weighted by atomic mass is 32.1. The average Bonchev–Trinajstić information content (AvgIpc) is 2.53. The van der Waals surface area contributed by atoms with Gasteiger partial charge in [0, 0.05) is 11.7 Å². The zero-order valence-electron chi connectivity index (χ0n) is 13.2. The molecule has 0 aliphatic heterocycles. The summed E-state index contributed by atoms with van der Waals surface area (Å²) in [5.41, 5.74) is 1.10. The van der Waals surface area contributed by atoms with E-state index < -0.39 is 11.7 Å². The first-order valence-corrected chi connectivity index (χ1v) is 8.04. The maximum absolute atomic E-state index is 12.5. The van der Waals surface area contributed by atoms with Gasteiger partial charge in [-0.3, -0.25) is 0 Å². The molecular formula is C18H19F3N2S. The molecule has 0 fully saturated rings. The lowest BCUT2D eigenvalue weighted by Crippen LogP contribution is -2.36. The molecule has 0 saturated heterocycles. The van der Waals surface area contributed by atoms with Crippen LogP contribution in [-0.2, 0) is 12.6 Å². The summed E-state index contributed by atoms with van der Waals surface area (Å²) in [7, 11) is 0. The number of benzene rings is 2. The minimum atomic E-state index is -4.33. The van der Waals surface area contributed by atoms with Crippen LogP contribution in [0.25, 0.3) is 0 Å². The number of anilines is 1. The number of halogens is 3. The lowest BCUT2D eigenvalue weighted by molar-refractivity contribution is -0.137. The van der Waals surface area contributed by atoms with Gasteiger partial charge in [0.15, 0.2) is 5.11 Å². The van der Waals surface area contributed by atoms with Gasteiger partial charge in [0.05, 0.1) is 5.56 Å². The topological polar surface area (TPSA) is 24.1 Å². The predicted molar refractivity (Wildman–Crippen MR) is 95.0 cm³/mol. The smallest absolute Gasteiger partial charge is 0.360 e. The Balaban J connectivity index is 1.80. The molecule has 128 valence electrons. The molecule has 2 rings (SSSR count). The van der Waals surface area contributed by atoms with Crippen LogP contribution >= 0.6 is 12.2 Å². The Labute approximate surface area is 145 Å². The molecule has 0 aliphatic rings. The minimum absolute atomic E-state index is 0.152. The molecule has 2 nitrogen and oxygen atoms in total. The highest BCUT2D eigenvalue weighted by molar-refractivity contribution is 7.80. The van der Waals surface area contributed by atoms with E-state index in [9.17, 15) is 13.2 Å². The third-order valence-electron chi connectivity index (χ3n) is 3.56. The van der Waals surface area contributed by atoms with E-state index in [-0.39, 0.29) is 6.04 Å². The predicted octanol–water partition coefficient (Wildman–Crippen LogP) is 5.01. The summed E-state index contributed by atoms with van der Waals surface area (Å²) in [6, 6.07) is 15.1. The first-order chi connectivity index (χ1) is 11.3. The fourth-order valence-electron chi connectivity index (χ4n) is 2.23. The Morgan fingerprint density at radius 3 is 2.25 bits per heavy atom. The first-order valence-electron chi connectivity index (χ1n) is 7.63. The Kier molecular flexibility index (Phi) is 6.20. The lowest BCUT2D eigenvalue weighted by atomic mass is 10.1. The maximum atomic E-state index is 12.5. The Morgan fingerprint density at radius 1 is 1.04 bits per heavy atom. The van der Waals surface area contributed by atoms with Crippen molar-refractivity contribution in [2.75, 3.05) is 5.32 Å². The molecule has 0 bridgehead atoms. The van der Waals surface area contributed by atoms with Crippen LogP contribution in [0.15, 0.2) is 54.6 Å². The van der Waals surface area contributed by atoms with Gasteiger partial charge in [-0.1, -0.05) is 30.3 Å². The lowest BCUT2D eigenvalue weighted by Gasteiger charge is -2.17. The second-order valence-corrected chi connectivity index (χ2v) is 6.01. The zero-order valence-corrected chi connectivity index (χ0v) is 14.0. The second-order valence-electron chi connectivity index (χ2n) is 5.60. The third kappa shape index (κ3) is 5.85. The molecular weight excluding hydrogens is 333 g/mol. The Hall–Kier alpha value is -2.08. The molecule has 0 radical (unpaired) electrons. The summed E-state index contributed by atoms with van der Waals surface area (Å²) in [6.07, 6.45) is -2.50. The summed E-state index contributed by atoms with van der Waals surface area (Å²) in [5, 5.41) is 6.44. The van der Waals surface area contributed by atoms with Crippen LogP contribution in [0.1, 0.15) is 24.5 Å². The molecule has 0 unspecified atom stereocenters. The normalized spacial score (nSPS) is 12.5. The van der Waals surface area contributed by atoms with Gasteiger partial charge < -0.3 is 10.6 Å². The molecule has 0 aromatic heterocycles. The monoisotopic (exact) mass is 352 g/mol. The molecule has 2 aromatic carbocycles. The molecule has 0 amide bonds. The van der Waals surface area contributed by atoms with Gasteiger partial charge >= 0.3 is 6.18 Å². The molecule has 6 heteroatoms. The van der Waals surface area contributed by atoms with Crippen molar-refractivity contribution in [3.63, 3.8) is 0 Å². The van der Waals surface area contributed by atoms with Crippen LogP contribution in [-0.4, -0.2) is 11.2 Å². The van der Waals surface area contributed by atoms with Crippen LogP contribution in [0.3, 0.4) is 0 Å². The largest absolute Gasteiger partial charge is 0.416 e. The summed E-state index contributed by atoms with van der Waals surface area (Å²) in [4.78, 5) is 0. The van der Waals surface area contributed by atoms with Gasteiger partial charge in [0.2, 0.25) is 0 Å². The van der Waals surface area contributed by atoms with Gasteiger partial charge in [0.25, 0.3) is 0 Å². The van der Waals surface area contributed by atoms with Gasteiger partial charge in [-0.15, -0.1) is 0 Å². The number of alkyl halides is 3. The quantitative estimate of drug-likeness (QED) is 0.740. The standard InChI is InChI=1S/C18H19F3N2S/c1-13(7-8-14-5-3-2-4-6-14)22-17(24)23-16-11-9-15(10-12-16)18(19,20)21/h2-6,9-13H,7-8H2,1H3,(H2,22,23,24)/t13-/m1/s1. The van der Waals surface area contributed by atoms with E-state index in [1.54, 1.807) is 0 Å². The molecule has 0 saturated carbocycles. The van der Waals surface area contributed by atoms with Gasteiger partial charge in [-0.25, -0.2) is 0 Å². The number of nitrogens with one attached hydrogen (secondary N) is 2. The molecule has 0 aliphatic carbocycles. The third-order valence-corrected chi connectivity index (χ3v) is 3.78. The Bertz CT molecular complexity index is 654. The van der Waals surface area contributed by atoms with Crippen molar-refractivity contribution >= 4 is 23.0 Å². The highest BCUT2D eigenvalue weighted by Gasteiger charge is 2.29. The number of hydrogen-bond acceptors (Lipinski definition) is 1. The zero-order chi connectivity index (χ0) is 17.6. The van der Waals surface area contributed by atoms with Crippen LogP contribution < -0.4 is 10.6 Å². The van der Waals surface area contributed by atoms with Crippen LogP contribution in [0.4, 0.5) is 18.9 Å². The highest BCUT2D eigenvalue weighted by Crippen LogP contribution is 2.29. The van der Waals surface area contributed by atoms with E-state index in [1.807, 2.05) is 25.1 Å². The van der Waals surface area contributed by atoms with E-state index in [4.69, 9.17) is 12.2 Å². The van der Waals surface area contributed by atoms with Gasteiger partial charge in [-0.05, 0) is 61.8 Å². The average molecular weight is 352 g/mol. The number of thiocarbonyl (C=S) groups is 1. The van der Waals surface area contributed by atoms with Crippen molar-refractivity contribution in [2.45, 2.75) is 32.0 Å². The van der Waals surface area contributed by atoms with E-state index in [2.05, 4.69) is 22.8 Å². The fraction of sp³-hybridized carbons (Fsp3) is 0.278. The number of hydrogen-bond donors (Lipinski definition) is 2. The van der Waals surface area contributed by atoms with Gasteiger partial charge in [-0.2, -0.15) is 13.2 Å². The van der Waals surface area contributed by atoms with Crippen LogP contribution in [0.2, 0.25) is 0 Å². The van der Waals surface area contributed by atoms with Crippen molar-refractivity contribution < 1.29 is 13.2 Å². The molecule has 1 atom stereocenters. The maximum Gasteiger partial charge on any atom is 0.416 e. The summed E-state index contributed by atoms with van der Waals surface area (Å²) >= 11 is 5.21. The van der Waals surface area contributed by atoms with Crippen molar-refractivity contribution in [1.29, 1.82) is 0 Å². The van der Waals surface area contributed by atoms with E-state index in [0.717, 1.165) is 25.0 Å². The van der Waals surface area contributed by atoms with Crippen LogP contribution in [0.5, 0.6) is 0 Å². The van der Waals surface area contributed by atoms with Crippen molar-refractivity contribution in [1.82, 2.24) is 5.32 Å². The number of rotatable bonds is 5. The van der Waals surface area contributed by atoms with E-state index in [0.29, 0.717) is 10.8 Å². The molecule has 0 spiro atoms. The van der Waals surface area contributed by atoms with E-state index >= 15 is 0 Å². The first kappa shape index (κ1) is 18.3. The van der Waals surface area contributed by atoms with Crippen molar-refractivity contribution in [3.8, 4) is 0 Å². The SMILES string of the molecule is C[C@H](CCc1ccccc1)NC(=S)Nc1ccc(C(F)(F)F)cc1.